The molecular weight excluding hydrogens is 340 g/mol. The molecule has 0 atom stereocenters. The summed E-state index contributed by atoms with van der Waals surface area (Å²) in [5.41, 5.74) is 2.00. The molecule has 0 spiro atoms. The Balaban J connectivity index is 1.51. The number of carbonyl (C=O) groups excluding carboxylic acids is 1. The second-order valence-electron chi connectivity index (χ2n) is 5.77. The van der Waals surface area contributed by atoms with E-state index in [1.165, 1.54) is 6.08 Å². The minimum Gasteiger partial charge on any atom is -0.497 e. The fourth-order valence-electron chi connectivity index (χ4n) is 2.37. The molecule has 0 bridgehead atoms. The second kappa shape index (κ2) is 9.25. The third kappa shape index (κ3) is 5.75. The summed E-state index contributed by atoms with van der Waals surface area (Å²) in [5.74, 6) is 1.51. The fourth-order valence-corrected chi connectivity index (χ4v) is 2.37. The number of benzene rings is 3. The van der Waals surface area contributed by atoms with Crippen LogP contribution >= 0.6 is 0 Å². The van der Waals surface area contributed by atoms with Crippen molar-refractivity contribution in [2.45, 2.75) is 6.61 Å². The summed E-state index contributed by atoms with van der Waals surface area (Å²) in [5, 5.41) is 0. The van der Waals surface area contributed by atoms with Gasteiger partial charge in [0.15, 0.2) is 0 Å². The Kier molecular flexibility index (Phi) is 6.26. The summed E-state index contributed by atoms with van der Waals surface area (Å²) >= 11 is 0. The lowest BCUT2D eigenvalue weighted by Gasteiger charge is -2.06. The first-order valence-corrected chi connectivity index (χ1v) is 8.54. The number of esters is 1. The average molecular weight is 360 g/mol. The molecule has 0 N–H and O–H groups in total. The van der Waals surface area contributed by atoms with E-state index < -0.39 is 5.97 Å². The Morgan fingerprint density at radius 3 is 2.11 bits per heavy atom. The van der Waals surface area contributed by atoms with Crippen LogP contribution in [-0.4, -0.2) is 13.1 Å². The molecule has 3 aromatic rings. The molecule has 0 amide bonds. The van der Waals surface area contributed by atoms with Crippen molar-refractivity contribution in [1.29, 1.82) is 0 Å². The molecule has 0 fully saturated rings. The molecular formula is C23H20O4. The summed E-state index contributed by atoms with van der Waals surface area (Å²) in [7, 11) is 1.59. The van der Waals surface area contributed by atoms with Gasteiger partial charge in [-0.05, 0) is 53.6 Å². The molecule has 0 aliphatic heterocycles. The Morgan fingerprint density at radius 2 is 1.44 bits per heavy atom. The zero-order valence-corrected chi connectivity index (χ0v) is 15.0. The number of hydrogen-bond acceptors (Lipinski definition) is 4. The molecule has 0 aliphatic carbocycles. The van der Waals surface area contributed by atoms with Crippen LogP contribution in [0.5, 0.6) is 17.2 Å². The molecule has 0 saturated carbocycles. The Hall–Kier alpha value is -3.53. The predicted molar refractivity (Wildman–Crippen MR) is 105 cm³/mol. The standard InChI is InChI=1S/C23H20O4/c1-25-20-12-14-22(15-13-20)27-23(24)16-9-18-7-10-21(11-8-18)26-17-19-5-3-2-4-6-19/h2-16H,17H2,1H3/b16-9+. The van der Waals surface area contributed by atoms with Gasteiger partial charge in [-0.2, -0.15) is 0 Å². The molecule has 0 aliphatic rings. The fraction of sp³-hybridized carbons (Fsp3) is 0.0870. The normalized spacial score (nSPS) is 10.6. The molecule has 4 heteroatoms. The quantitative estimate of drug-likeness (QED) is 0.342. The van der Waals surface area contributed by atoms with Crippen molar-refractivity contribution in [3.05, 3.63) is 96.1 Å². The number of ether oxygens (including phenoxy) is 3. The minimum atomic E-state index is -0.440. The van der Waals surface area contributed by atoms with E-state index in [0.717, 1.165) is 16.9 Å². The van der Waals surface area contributed by atoms with E-state index in [9.17, 15) is 4.79 Å². The van der Waals surface area contributed by atoms with E-state index >= 15 is 0 Å². The maximum absolute atomic E-state index is 11.9. The summed E-state index contributed by atoms with van der Waals surface area (Å²) in [4.78, 5) is 11.9. The van der Waals surface area contributed by atoms with Gasteiger partial charge in [0.1, 0.15) is 23.9 Å². The van der Waals surface area contributed by atoms with Crippen molar-refractivity contribution in [3.63, 3.8) is 0 Å². The molecule has 0 heterocycles. The average Bonchev–Trinajstić information content (AvgIpc) is 2.73. The van der Waals surface area contributed by atoms with Gasteiger partial charge in [0.2, 0.25) is 0 Å². The van der Waals surface area contributed by atoms with Gasteiger partial charge in [-0.25, -0.2) is 4.79 Å². The zero-order valence-electron chi connectivity index (χ0n) is 15.0. The lowest BCUT2D eigenvalue weighted by molar-refractivity contribution is -0.128. The third-order valence-electron chi connectivity index (χ3n) is 3.82. The highest BCUT2D eigenvalue weighted by Gasteiger charge is 2.01. The lowest BCUT2D eigenvalue weighted by atomic mass is 10.2. The van der Waals surface area contributed by atoms with Crippen LogP contribution < -0.4 is 14.2 Å². The molecule has 0 saturated heterocycles. The van der Waals surface area contributed by atoms with E-state index in [-0.39, 0.29) is 0 Å². The van der Waals surface area contributed by atoms with Gasteiger partial charge >= 0.3 is 5.97 Å². The predicted octanol–water partition coefficient (Wildman–Crippen LogP) is 4.89. The SMILES string of the molecule is COc1ccc(OC(=O)/C=C/c2ccc(OCc3ccccc3)cc2)cc1. The largest absolute Gasteiger partial charge is 0.497 e. The van der Waals surface area contributed by atoms with Gasteiger partial charge in [0.25, 0.3) is 0 Å². The van der Waals surface area contributed by atoms with E-state index in [2.05, 4.69) is 0 Å². The summed E-state index contributed by atoms with van der Waals surface area (Å²) in [6.07, 6.45) is 3.09. The van der Waals surface area contributed by atoms with Crippen molar-refractivity contribution in [2.24, 2.45) is 0 Å². The van der Waals surface area contributed by atoms with E-state index in [1.807, 2.05) is 54.6 Å². The third-order valence-corrected chi connectivity index (χ3v) is 3.82. The highest BCUT2D eigenvalue weighted by molar-refractivity contribution is 5.88. The number of rotatable bonds is 7. The first-order valence-electron chi connectivity index (χ1n) is 8.54. The van der Waals surface area contributed by atoms with Gasteiger partial charge in [-0.15, -0.1) is 0 Å². The van der Waals surface area contributed by atoms with Crippen LogP contribution in [0.3, 0.4) is 0 Å². The highest BCUT2D eigenvalue weighted by Crippen LogP contribution is 2.18. The Bertz CT molecular complexity index is 882. The van der Waals surface area contributed by atoms with Crippen molar-refractivity contribution in [2.75, 3.05) is 7.11 Å². The number of carbonyl (C=O) groups is 1. The Labute approximate surface area is 158 Å². The summed E-state index contributed by atoms with van der Waals surface area (Å²) in [6, 6.07) is 24.3. The van der Waals surface area contributed by atoms with E-state index in [1.54, 1.807) is 37.5 Å². The van der Waals surface area contributed by atoms with Crippen molar-refractivity contribution >= 4 is 12.0 Å². The molecule has 3 aromatic carbocycles. The molecule has 0 unspecified atom stereocenters. The van der Waals surface area contributed by atoms with Crippen molar-refractivity contribution in [3.8, 4) is 17.2 Å². The topological polar surface area (TPSA) is 44.8 Å². The molecule has 0 radical (unpaired) electrons. The van der Waals surface area contributed by atoms with Crippen molar-refractivity contribution in [1.82, 2.24) is 0 Å². The molecule has 0 aromatic heterocycles. The van der Waals surface area contributed by atoms with Gasteiger partial charge in [-0.3, -0.25) is 0 Å². The molecule has 136 valence electrons. The molecule has 27 heavy (non-hydrogen) atoms. The van der Waals surface area contributed by atoms with Crippen LogP contribution in [0.25, 0.3) is 6.08 Å². The lowest BCUT2D eigenvalue weighted by Crippen LogP contribution is -2.03. The van der Waals surface area contributed by atoms with Crippen LogP contribution in [0.2, 0.25) is 0 Å². The molecule has 3 rings (SSSR count). The minimum absolute atomic E-state index is 0.440. The molecule has 4 nitrogen and oxygen atoms in total. The van der Waals surface area contributed by atoms with Crippen LogP contribution in [0.15, 0.2) is 84.9 Å². The first-order chi connectivity index (χ1) is 13.2. The zero-order chi connectivity index (χ0) is 18.9. The monoisotopic (exact) mass is 360 g/mol. The van der Waals surface area contributed by atoms with E-state index in [4.69, 9.17) is 14.2 Å². The summed E-state index contributed by atoms with van der Waals surface area (Å²) in [6.45, 7) is 0.518. The second-order valence-corrected chi connectivity index (χ2v) is 5.77. The number of methoxy groups -OCH3 is 1. The van der Waals surface area contributed by atoms with Crippen molar-refractivity contribution < 1.29 is 19.0 Å². The first kappa shape index (κ1) is 18.3. The van der Waals surface area contributed by atoms with E-state index in [0.29, 0.717) is 18.1 Å². The van der Waals surface area contributed by atoms with Crippen LogP contribution in [-0.2, 0) is 11.4 Å². The maximum Gasteiger partial charge on any atom is 0.336 e. The van der Waals surface area contributed by atoms with Crippen LogP contribution in [0.4, 0.5) is 0 Å². The van der Waals surface area contributed by atoms with Crippen LogP contribution in [0, 0.1) is 0 Å². The Morgan fingerprint density at radius 1 is 0.815 bits per heavy atom. The smallest absolute Gasteiger partial charge is 0.336 e. The van der Waals surface area contributed by atoms with Crippen LogP contribution in [0.1, 0.15) is 11.1 Å². The van der Waals surface area contributed by atoms with Gasteiger partial charge in [-0.1, -0.05) is 42.5 Å². The summed E-state index contributed by atoms with van der Waals surface area (Å²) < 4.78 is 16.1. The van der Waals surface area contributed by atoms with Gasteiger partial charge in [0, 0.05) is 6.08 Å². The maximum atomic E-state index is 11.9. The number of hydrogen-bond donors (Lipinski definition) is 0. The van der Waals surface area contributed by atoms with Gasteiger partial charge < -0.3 is 14.2 Å². The highest BCUT2D eigenvalue weighted by atomic mass is 16.5. The van der Waals surface area contributed by atoms with Gasteiger partial charge in [0.05, 0.1) is 7.11 Å².